The van der Waals surface area contributed by atoms with Crippen molar-refractivity contribution in [3.63, 3.8) is 0 Å². The fourth-order valence-corrected chi connectivity index (χ4v) is 4.34. The molecular weight excluding hydrogens is 392 g/mol. The average Bonchev–Trinajstić information content (AvgIpc) is 2.86. The summed E-state index contributed by atoms with van der Waals surface area (Å²) in [6, 6.07) is 32.1. The van der Waals surface area contributed by atoms with E-state index in [0.29, 0.717) is 0 Å². The van der Waals surface area contributed by atoms with Crippen molar-refractivity contribution >= 4 is 21.7 Å². The first-order chi connectivity index (χ1) is 15.7. The quantitative estimate of drug-likeness (QED) is 0.325. The number of nitrogens with zero attached hydrogens (tertiary/aromatic N) is 1. The molecule has 0 amide bonds. The van der Waals surface area contributed by atoms with Gasteiger partial charge < -0.3 is 10.1 Å². The average molecular weight is 419 g/mol. The van der Waals surface area contributed by atoms with Crippen molar-refractivity contribution in [1.82, 2.24) is 10.3 Å². The van der Waals surface area contributed by atoms with Crippen molar-refractivity contribution in [2.45, 2.75) is 19.5 Å². The Morgan fingerprint density at radius 1 is 0.844 bits per heavy atom. The molecule has 0 fully saturated rings. The Bertz CT molecular complexity index is 1390. The molecule has 1 N–H and O–H groups in total. The lowest BCUT2D eigenvalue weighted by Gasteiger charge is -2.18. The number of hydrogen-bond acceptors (Lipinski definition) is 3. The summed E-state index contributed by atoms with van der Waals surface area (Å²) in [4.78, 5) is 4.43. The molecule has 3 nitrogen and oxygen atoms in total. The third kappa shape index (κ3) is 3.95. The van der Waals surface area contributed by atoms with Gasteiger partial charge in [-0.05, 0) is 64.7 Å². The minimum absolute atomic E-state index is 0.235. The van der Waals surface area contributed by atoms with E-state index >= 15 is 0 Å². The lowest BCUT2D eigenvalue weighted by atomic mass is 9.98. The van der Waals surface area contributed by atoms with Crippen molar-refractivity contribution in [2.24, 2.45) is 0 Å². The Balaban J connectivity index is 1.42. The van der Waals surface area contributed by atoms with Crippen molar-refractivity contribution in [2.75, 3.05) is 7.11 Å². The third-order valence-electron chi connectivity index (χ3n) is 6.08. The summed E-state index contributed by atoms with van der Waals surface area (Å²) in [5, 5.41) is 7.40. The van der Waals surface area contributed by atoms with Gasteiger partial charge in [0.05, 0.1) is 12.6 Å². The van der Waals surface area contributed by atoms with Gasteiger partial charge in [-0.2, -0.15) is 0 Å². The second kappa shape index (κ2) is 8.81. The molecule has 5 aromatic rings. The van der Waals surface area contributed by atoms with E-state index in [4.69, 9.17) is 4.74 Å². The number of nitrogens with one attached hydrogen (secondary N) is 1. The molecule has 1 atom stereocenters. The summed E-state index contributed by atoms with van der Waals surface area (Å²) >= 11 is 0. The predicted molar refractivity (Wildman–Crippen MR) is 133 cm³/mol. The summed E-state index contributed by atoms with van der Waals surface area (Å²) < 4.78 is 5.67. The van der Waals surface area contributed by atoms with Crippen LogP contribution in [0.15, 0.2) is 97.2 Å². The maximum absolute atomic E-state index is 5.67. The van der Waals surface area contributed by atoms with E-state index in [-0.39, 0.29) is 6.04 Å². The van der Waals surface area contributed by atoms with E-state index in [0.717, 1.165) is 34.3 Å². The summed E-state index contributed by atoms with van der Waals surface area (Å²) in [5.74, 6) is 0.874. The summed E-state index contributed by atoms with van der Waals surface area (Å²) in [7, 11) is 1.72. The highest BCUT2D eigenvalue weighted by atomic mass is 16.5. The van der Waals surface area contributed by atoms with Crippen molar-refractivity contribution in [3.8, 4) is 16.9 Å². The van der Waals surface area contributed by atoms with Crippen LogP contribution in [0.2, 0.25) is 0 Å². The van der Waals surface area contributed by atoms with Gasteiger partial charge in [0.2, 0.25) is 0 Å². The normalized spacial score (nSPS) is 12.2. The summed E-state index contributed by atoms with van der Waals surface area (Å²) in [6.45, 7) is 3.00. The Labute approximate surface area is 188 Å². The van der Waals surface area contributed by atoms with Crippen molar-refractivity contribution < 1.29 is 4.74 Å². The van der Waals surface area contributed by atoms with E-state index in [2.05, 4.69) is 102 Å². The van der Waals surface area contributed by atoms with Crippen LogP contribution in [0.1, 0.15) is 24.1 Å². The maximum Gasteiger partial charge on any atom is 0.126 e. The van der Waals surface area contributed by atoms with Crippen LogP contribution in [0.5, 0.6) is 5.75 Å². The van der Waals surface area contributed by atoms with Gasteiger partial charge in [0, 0.05) is 29.7 Å². The molecule has 0 aliphatic rings. The number of ether oxygens (including phenoxy) is 1. The zero-order valence-corrected chi connectivity index (χ0v) is 18.4. The molecule has 3 heteroatoms. The van der Waals surface area contributed by atoms with Crippen LogP contribution < -0.4 is 10.1 Å². The lowest BCUT2D eigenvalue weighted by Crippen LogP contribution is -2.18. The van der Waals surface area contributed by atoms with E-state index in [1.165, 1.54) is 21.9 Å². The fourth-order valence-electron chi connectivity index (χ4n) is 4.34. The monoisotopic (exact) mass is 418 g/mol. The largest absolute Gasteiger partial charge is 0.496 e. The SMILES string of the molecule is COc1ccc(CNC(C)c2cccc3ccccc23)cc1-c1ccc2ncccc2c1. The highest BCUT2D eigenvalue weighted by Gasteiger charge is 2.11. The maximum atomic E-state index is 5.67. The molecule has 0 saturated carbocycles. The van der Waals surface area contributed by atoms with Crippen LogP contribution in [-0.2, 0) is 6.54 Å². The minimum atomic E-state index is 0.235. The Hall–Kier alpha value is -3.69. The molecule has 0 radical (unpaired) electrons. The van der Waals surface area contributed by atoms with Gasteiger partial charge in [-0.25, -0.2) is 0 Å². The topological polar surface area (TPSA) is 34.1 Å². The van der Waals surface area contributed by atoms with Gasteiger partial charge in [-0.3, -0.25) is 4.98 Å². The second-order valence-corrected chi connectivity index (χ2v) is 8.12. The van der Waals surface area contributed by atoms with Gasteiger partial charge in [0.1, 0.15) is 5.75 Å². The molecule has 0 aliphatic heterocycles. The molecule has 0 bridgehead atoms. The third-order valence-corrected chi connectivity index (χ3v) is 6.08. The van der Waals surface area contributed by atoms with Gasteiger partial charge >= 0.3 is 0 Å². The van der Waals surface area contributed by atoms with Crippen molar-refractivity contribution in [1.29, 1.82) is 0 Å². The van der Waals surface area contributed by atoms with E-state index in [9.17, 15) is 0 Å². The van der Waals surface area contributed by atoms with E-state index in [1.807, 2.05) is 12.3 Å². The molecule has 158 valence electrons. The molecule has 1 heterocycles. The molecule has 0 saturated heterocycles. The van der Waals surface area contributed by atoms with Crippen LogP contribution in [0, 0.1) is 0 Å². The molecule has 0 aliphatic carbocycles. The molecule has 1 aromatic heterocycles. The smallest absolute Gasteiger partial charge is 0.126 e. The Morgan fingerprint density at radius 3 is 2.59 bits per heavy atom. The van der Waals surface area contributed by atoms with E-state index < -0.39 is 0 Å². The van der Waals surface area contributed by atoms with Gasteiger partial charge in [0.15, 0.2) is 0 Å². The molecule has 4 aromatic carbocycles. The zero-order valence-electron chi connectivity index (χ0n) is 18.4. The number of rotatable bonds is 6. The van der Waals surface area contributed by atoms with Crippen LogP contribution in [0.4, 0.5) is 0 Å². The van der Waals surface area contributed by atoms with Crippen LogP contribution in [-0.4, -0.2) is 12.1 Å². The first kappa shape index (κ1) is 20.2. The first-order valence-electron chi connectivity index (χ1n) is 11.0. The lowest BCUT2D eigenvalue weighted by molar-refractivity contribution is 0.416. The standard InChI is InChI=1S/C29H26N2O/c1-20(25-11-5-8-22-7-3-4-10-26(22)25)31-19-21-12-15-29(32-2)27(17-21)23-13-14-28-24(18-23)9-6-16-30-28/h3-18,20,31H,19H2,1-2H3. The summed E-state index contributed by atoms with van der Waals surface area (Å²) in [6.07, 6.45) is 1.83. The van der Waals surface area contributed by atoms with Crippen LogP contribution >= 0.6 is 0 Å². The number of aromatic nitrogens is 1. The van der Waals surface area contributed by atoms with Crippen LogP contribution in [0.3, 0.4) is 0 Å². The number of benzene rings is 4. The first-order valence-corrected chi connectivity index (χ1v) is 11.0. The minimum Gasteiger partial charge on any atom is -0.496 e. The fraction of sp³-hybridized carbons (Fsp3) is 0.138. The molecule has 5 rings (SSSR count). The number of fused-ring (bicyclic) bond motifs is 2. The van der Waals surface area contributed by atoms with Gasteiger partial charge in [-0.15, -0.1) is 0 Å². The molecular formula is C29H26N2O. The van der Waals surface area contributed by atoms with E-state index in [1.54, 1.807) is 7.11 Å². The number of pyridine rings is 1. The zero-order chi connectivity index (χ0) is 21.9. The predicted octanol–water partition coefficient (Wildman–Crippen LogP) is 6.91. The van der Waals surface area contributed by atoms with Gasteiger partial charge in [-0.1, -0.05) is 60.7 Å². The number of methoxy groups -OCH3 is 1. The molecule has 32 heavy (non-hydrogen) atoms. The van der Waals surface area contributed by atoms with Crippen LogP contribution in [0.25, 0.3) is 32.8 Å². The molecule has 0 spiro atoms. The Morgan fingerprint density at radius 2 is 1.69 bits per heavy atom. The molecule has 1 unspecified atom stereocenters. The van der Waals surface area contributed by atoms with Gasteiger partial charge in [0.25, 0.3) is 0 Å². The highest BCUT2D eigenvalue weighted by Crippen LogP contribution is 2.33. The number of hydrogen-bond donors (Lipinski definition) is 1. The Kier molecular flexibility index (Phi) is 5.57. The highest BCUT2D eigenvalue weighted by molar-refractivity contribution is 5.86. The second-order valence-electron chi connectivity index (χ2n) is 8.12. The van der Waals surface area contributed by atoms with Crippen molar-refractivity contribution in [3.05, 3.63) is 108 Å². The summed E-state index contributed by atoms with van der Waals surface area (Å²) in [5.41, 5.74) is 5.76.